The molecule has 0 saturated carbocycles. The molecule has 2 N–H and O–H groups in total. The number of carbonyl (C=O) groups is 1. The van der Waals surface area contributed by atoms with Gasteiger partial charge in [-0.2, -0.15) is 13.2 Å². The lowest BCUT2D eigenvalue weighted by Crippen LogP contribution is -2.07. The van der Waals surface area contributed by atoms with E-state index in [1.165, 1.54) is 0 Å². The summed E-state index contributed by atoms with van der Waals surface area (Å²) in [6.45, 7) is 0. The molecule has 1 aromatic heterocycles. The van der Waals surface area contributed by atoms with E-state index in [1.807, 2.05) is 0 Å². The van der Waals surface area contributed by atoms with E-state index < -0.39 is 17.7 Å². The van der Waals surface area contributed by atoms with Crippen molar-refractivity contribution < 1.29 is 23.1 Å². The lowest BCUT2D eigenvalue weighted by Gasteiger charge is -2.10. The van der Waals surface area contributed by atoms with E-state index in [-0.39, 0.29) is 17.0 Å². The van der Waals surface area contributed by atoms with Crippen molar-refractivity contribution >= 4 is 12.0 Å². The highest BCUT2D eigenvalue weighted by Crippen LogP contribution is 2.43. The second kappa shape index (κ2) is 6.92. The Morgan fingerprint density at radius 3 is 1.85 bits per heavy atom. The fraction of sp³-hybridized carbons (Fsp3) is 0.0500. The standard InChI is InChI=1S/C20H14F3NO2/c21-20(22,23)17-15(11-12-16(25)26)18(13-7-3-1-4-8-13)24-19(17)14-9-5-2-6-10-14/h1-12,24H,(H,25,26)/b12-11+. The van der Waals surface area contributed by atoms with Gasteiger partial charge in [0.25, 0.3) is 0 Å². The summed E-state index contributed by atoms with van der Waals surface area (Å²) in [7, 11) is 0. The normalized spacial score (nSPS) is 11.8. The Hall–Kier alpha value is -3.28. The second-order valence-corrected chi connectivity index (χ2v) is 5.57. The van der Waals surface area contributed by atoms with Crippen LogP contribution in [-0.2, 0) is 11.0 Å². The summed E-state index contributed by atoms with van der Waals surface area (Å²) in [5, 5.41) is 8.88. The summed E-state index contributed by atoms with van der Waals surface area (Å²) in [6.07, 6.45) is -2.97. The molecule has 3 aromatic rings. The molecule has 0 spiro atoms. The van der Waals surface area contributed by atoms with E-state index in [0.717, 1.165) is 6.08 Å². The Bertz CT molecular complexity index is 942. The molecule has 0 bridgehead atoms. The van der Waals surface area contributed by atoms with E-state index >= 15 is 0 Å². The third-order valence-electron chi connectivity index (χ3n) is 3.84. The van der Waals surface area contributed by atoms with Crippen LogP contribution < -0.4 is 0 Å². The summed E-state index contributed by atoms with van der Waals surface area (Å²) >= 11 is 0. The number of rotatable bonds is 4. The van der Waals surface area contributed by atoms with Gasteiger partial charge >= 0.3 is 12.1 Å². The highest BCUT2D eigenvalue weighted by Gasteiger charge is 2.39. The number of aromatic nitrogens is 1. The maximum atomic E-state index is 13.8. The Morgan fingerprint density at radius 2 is 1.38 bits per heavy atom. The van der Waals surface area contributed by atoms with Crippen LogP contribution in [0.2, 0.25) is 0 Å². The molecule has 132 valence electrons. The lowest BCUT2D eigenvalue weighted by atomic mass is 10.0. The zero-order valence-electron chi connectivity index (χ0n) is 13.4. The minimum Gasteiger partial charge on any atom is -0.478 e. The molecule has 0 unspecified atom stereocenters. The van der Waals surface area contributed by atoms with Crippen LogP contribution in [0.4, 0.5) is 13.2 Å². The molecule has 1 heterocycles. The van der Waals surface area contributed by atoms with E-state index in [9.17, 15) is 18.0 Å². The number of aliphatic carboxylic acids is 1. The molecule has 0 aliphatic rings. The third kappa shape index (κ3) is 3.54. The van der Waals surface area contributed by atoms with Gasteiger partial charge in [0, 0.05) is 11.6 Å². The van der Waals surface area contributed by atoms with Crippen LogP contribution >= 0.6 is 0 Å². The number of carboxylic acid groups (broad SMARTS) is 1. The third-order valence-corrected chi connectivity index (χ3v) is 3.84. The summed E-state index contributed by atoms with van der Waals surface area (Å²) in [4.78, 5) is 13.7. The zero-order chi connectivity index (χ0) is 18.7. The number of hydrogen-bond donors (Lipinski definition) is 2. The molecule has 0 fully saturated rings. The van der Waals surface area contributed by atoms with E-state index in [4.69, 9.17) is 5.11 Å². The first kappa shape index (κ1) is 17.5. The van der Waals surface area contributed by atoms with Gasteiger partial charge in [0.05, 0.1) is 17.0 Å². The smallest absolute Gasteiger partial charge is 0.419 e. The maximum Gasteiger partial charge on any atom is 0.419 e. The van der Waals surface area contributed by atoms with Gasteiger partial charge in [0.15, 0.2) is 0 Å². The Morgan fingerprint density at radius 1 is 0.885 bits per heavy atom. The molecular weight excluding hydrogens is 343 g/mol. The molecule has 0 radical (unpaired) electrons. The summed E-state index contributed by atoms with van der Waals surface area (Å²) in [5.41, 5.74) is -0.0709. The molecule has 0 aliphatic heterocycles. The molecule has 0 amide bonds. The number of aromatic amines is 1. The number of hydrogen-bond acceptors (Lipinski definition) is 1. The van der Waals surface area contributed by atoms with Crippen LogP contribution in [0, 0.1) is 0 Å². The maximum absolute atomic E-state index is 13.8. The number of alkyl halides is 3. The molecule has 2 aromatic carbocycles. The van der Waals surface area contributed by atoms with Crippen molar-refractivity contribution in [2.24, 2.45) is 0 Å². The fourth-order valence-electron chi connectivity index (χ4n) is 2.78. The van der Waals surface area contributed by atoms with Crippen molar-refractivity contribution in [3.8, 4) is 22.5 Å². The molecule has 3 nitrogen and oxygen atoms in total. The predicted molar refractivity (Wildman–Crippen MR) is 93.3 cm³/mol. The fourth-order valence-corrected chi connectivity index (χ4v) is 2.78. The zero-order valence-corrected chi connectivity index (χ0v) is 13.4. The number of carboxylic acids is 1. The monoisotopic (exact) mass is 357 g/mol. The number of nitrogens with one attached hydrogen (secondary N) is 1. The molecule has 0 atom stereocenters. The predicted octanol–water partition coefficient (Wildman–Crippen LogP) is 5.47. The molecule has 3 rings (SSSR count). The number of halogens is 3. The lowest BCUT2D eigenvalue weighted by molar-refractivity contribution is -0.137. The van der Waals surface area contributed by atoms with E-state index in [0.29, 0.717) is 17.2 Å². The highest BCUT2D eigenvalue weighted by atomic mass is 19.4. The Kier molecular flexibility index (Phi) is 4.67. The van der Waals surface area contributed by atoms with Crippen molar-refractivity contribution in [2.75, 3.05) is 0 Å². The molecule has 6 heteroatoms. The van der Waals surface area contributed by atoms with Crippen molar-refractivity contribution in [2.45, 2.75) is 6.18 Å². The molecular formula is C20H14F3NO2. The summed E-state index contributed by atoms with van der Waals surface area (Å²) in [5.74, 6) is -1.32. The van der Waals surface area contributed by atoms with Crippen LogP contribution in [0.15, 0.2) is 66.7 Å². The largest absolute Gasteiger partial charge is 0.478 e. The summed E-state index contributed by atoms with van der Waals surface area (Å²) < 4.78 is 41.5. The van der Waals surface area contributed by atoms with Gasteiger partial charge in [-0.15, -0.1) is 0 Å². The average Bonchev–Trinajstić information content (AvgIpc) is 3.01. The van der Waals surface area contributed by atoms with Gasteiger partial charge in [-0.3, -0.25) is 0 Å². The van der Waals surface area contributed by atoms with E-state index in [1.54, 1.807) is 60.7 Å². The average molecular weight is 357 g/mol. The van der Waals surface area contributed by atoms with Crippen LogP contribution in [0.25, 0.3) is 28.6 Å². The number of H-pyrrole nitrogens is 1. The van der Waals surface area contributed by atoms with Gasteiger partial charge in [-0.25, -0.2) is 4.79 Å². The van der Waals surface area contributed by atoms with Gasteiger partial charge in [0.1, 0.15) is 0 Å². The van der Waals surface area contributed by atoms with Crippen molar-refractivity contribution in [3.05, 3.63) is 77.9 Å². The van der Waals surface area contributed by atoms with Crippen molar-refractivity contribution in [1.29, 1.82) is 0 Å². The first-order chi connectivity index (χ1) is 12.4. The Labute approximate surface area is 147 Å². The minimum absolute atomic E-state index is 0.0954. The van der Waals surface area contributed by atoms with Crippen LogP contribution in [0.3, 0.4) is 0 Å². The van der Waals surface area contributed by atoms with E-state index in [2.05, 4.69) is 4.98 Å². The SMILES string of the molecule is O=C(O)/C=C/c1c(-c2ccccc2)[nH]c(-c2ccccc2)c1C(F)(F)F. The van der Waals surface area contributed by atoms with Gasteiger partial charge in [-0.05, 0) is 17.2 Å². The van der Waals surface area contributed by atoms with Gasteiger partial charge in [0.2, 0.25) is 0 Å². The highest BCUT2D eigenvalue weighted by molar-refractivity contribution is 5.90. The molecule has 0 aliphatic carbocycles. The molecule has 0 saturated heterocycles. The molecule has 26 heavy (non-hydrogen) atoms. The Balaban J connectivity index is 2.34. The van der Waals surface area contributed by atoms with Gasteiger partial charge in [-0.1, -0.05) is 60.7 Å². The van der Waals surface area contributed by atoms with Crippen LogP contribution in [-0.4, -0.2) is 16.1 Å². The quantitative estimate of drug-likeness (QED) is 0.609. The topological polar surface area (TPSA) is 53.1 Å². The van der Waals surface area contributed by atoms with Crippen molar-refractivity contribution in [1.82, 2.24) is 4.98 Å². The van der Waals surface area contributed by atoms with Crippen molar-refractivity contribution in [3.63, 3.8) is 0 Å². The summed E-state index contributed by atoms with van der Waals surface area (Å²) in [6, 6.07) is 16.6. The first-order valence-corrected chi connectivity index (χ1v) is 7.73. The second-order valence-electron chi connectivity index (χ2n) is 5.57. The first-order valence-electron chi connectivity index (χ1n) is 7.73. The van der Waals surface area contributed by atoms with Gasteiger partial charge < -0.3 is 10.1 Å². The van der Waals surface area contributed by atoms with Crippen LogP contribution in [0.1, 0.15) is 11.1 Å². The van der Waals surface area contributed by atoms with Crippen LogP contribution in [0.5, 0.6) is 0 Å². The minimum atomic E-state index is -4.66. The number of benzene rings is 2.